The third-order valence-electron chi connectivity index (χ3n) is 11.0. The van der Waals surface area contributed by atoms with Gasteiger partial charge in [-0.25, -0.2) is 15.0 Å². The summed E-state index contributed by atoms with van der Waals surface area (Å²) >= 11 is 0.717. The highest BCUT2D eigenvalue weighted by molar-refractivity contribution is 7.27. The predicted molar refractivity (Wildman–Crippen MR) is 273 cm³/mol. The van der Waals surface area contributed by atoms with Crippen LogP contribution >= 0.6 is 11.3 Å². The van der Waals surface area contributed by atoms with E-state index in [1.807, 2.05) is 0 Å². The molecule has 13 aromatic rings. The normalized spacial score (nSPS) is 18.7. The highest BCUT2D eigenvalue weighted by Gasteiger charge is 2.26. The number of nitrogens with zero attached hydrogens (tertiary/aromatic N) is 5. The van der Waals surface area contributed by atoms with Crippen LogP contribution in [0.15, 0.2) is 199 Å². The van der Waals surface area contributed by atoms with Gasteiger partial charge in [-0.2, -0.15) is 0 Å². The number of para-hydroxylation sites is 3. The van der Waals surface area contributed by atoms with Crippen molar-refractivity contribution < 1.29 is 43.9 Å². The summed E-state index contributed by atoms with van der Waals surface area (Å²) < 4.78 is 293. The second kappa shape index (κ2) is 14.7. The van der Waals surface area contributed by atoms with Crippen molar-refractivity contribution >= 4 is 75.1 Å². The fourth-order valence-electron chi connectivity index (χ4n) is 8.22. The maximum absolute atomic E-state index is 10.5. The zero-order valence-electron chi connectivity index (χ0n) is 65.2. The Balaban J connectivity index is 1.29. The van der Waals surface area contributed by atoms with Crippen molar-refractivity contribution in [2.24, 2.45) is 0 Å². The molecule has 9 aromatic carbocycles. The van der Waals surface area contributed by atoms with Crippen molar-refractivity contribution in [1.82, 2.24) is 24.1 Å². The van der Waals surface area contributed by atoms with Crippen LogP contribution in [-0.2, 0) is 0 Å². The molecule has 0 fully saturated rings. The second-order valence-corrected chi connectivity index (χ2v) is 15.4. The summed E-state index contributed by atoms with van der Waals surface area (Å²) in [6.45, 7) is 3.06. The number of hydrogen-bond acceptors (Lipinski definition) is 4. The maximum atomic E-state index is 10.5. The van der Waals surface area contributed by atoms with Gasteiger partial charge in [0, 0.05) is 69.7 Å². The van der Waals surface area contributed by atoms with Gasteiger partial charge in [-0.1, -0.05) is 151 Å². The van der Waals surface area contributed by atoms with Crippen LogP contribution in [0.5, 0.6) is 0 Å². The molecular weight excluding hydrogens is 811 g/mol. The van der Waals surface area contributed by atoms with E-state index in [0.717, 1.165) is 22.0 Å². The van der Waals surface area contributed by atoms with Crippen LogP contribution in [0.3, 0.4) is 0 Å². The van der Waals surface area contributed by atoms with E-state index in [2.05, 4.69) is 15.0 Å². The lowest BCUT2D eigenvalue weighted by Crippen LogP contribution is -2.00. The first-order valence-corrected chi connectivity index (χ1v) is 20.2. The first-order valence-electron chi connectivity index (χ1n) is 35.4. The fraction of sp³-hybridized carbons (Fsp3) is 0.0339. The largest absolute Gasteiger partial charge is 0.309 e. The Bertz CT molecular complexity index is 5780. The summed E-state index contributed by atoms with van der Waals surface area (Å²) in [4.78, 5) is 13.3. The molecule has 5 nitrogen and oxygen atoms in total. The van der Waals surface area contributed by atoms with Crippen LogP contribution < -0.4 is 0 Å². The van der Waals surface area contributed by atoms with Gasteiger partial charge in [0.25, 0.3) is 0 Å². The van der Waals surface area contributed by atoms with Crippen LogP contribution in [0.2, 0.25) is 0 Å². The van der Waals surface area contributed by atoms with E-state index < -0.39 is 272 Å². The van der Waals surface area contributed by atoms with Crippen molar-refractivity contribution in [2.45, 2.75) is 13.8 Å². The van der Waals surface area contributed by atoms with Gasteiger partial charge in [0.05, 0.1) is 71.6 Å². The number of aromatic nitrogens is 5. The van der Waals surface area contributed by atoms with Crippen LogP contribution in [0, 0.1) is 13.8 Å². The Labute approximate surface area is 424 Å². The quantitative estimate of drug-likeness (QED) is 0.167. The Hall–Kier alpha value is -8.19. The number of rotatable bonds is 6. The first kappa shape index (κ1) is 17.4. The molecule has 0 unspecified atom stereocenters. The molecule has 4 heterocycles. The van der Waals surface area contributed by atoms with Crippen molar-refractivity contribution in [2.75, 3.05) is 0 Å². The Morgan fingerprint density at radius 3 is 1.77 bits per heavy atom. The summed E-state index contributed by atoms with van der Waals surface area (Å²) in [5.74, 6) is -2.43. The molecule has 0 radical (unpaired) electrons. The number of fused-ring (bicyclic) bond motifs is 10. The Morgan fingerprint density at radius 2 is 1.03 bits per heavy atom. The standard InChI is InChI=1S/C59H39N5S/c1-36-37(2)54-52(56-51(36)53-49(31-18-32-50(53)65-56)64-47-30-16-15-27-44(47)45-29-17-28-43(55(45)64)38-19-7-3-8-20-38)46-35-41(33-34-48(46)63(54)42-25-13-6-14-26-42)59-61-57(39-21-9-4-10-22-39)60-58(62-59)40-23-11-5-12-24-40/h3-35H,1-2H3/i3D,4D,5D,6D,7D,8D,9D,10D,11D,12D,13D,14D,15D,16D,17D,18D,19D,20D,21D,22D,23D,24D,25D,27D,28D,29D,30D,31D,32D,33D,34D,35D. The van der Waals surface area contributed by atoms with E-state index in [4.69, 9.17) is 26.0 Å². The maximum Gasteiger partial charge on any atom is 0.164 e. The third kappa shape index (κ3) is 5.74. The van der Waals surface area contributed by atoms with Gasteiger partial charge in [0.2, 0.25) is 0 Å². The van der Waals surface area contributed by atoms with Gasteiger partial charge in [-0.15, -0.1) is 11.3 Å². The minimum atomic E-state index is -0.935. The van der Waals surface area contributed by atoms with Gasteiger partial charge < -0.3 is 9.13 Å². The molecule has 65 heavy (non-hydrogen) atoms. The van der Waals surface area contributed by atoms with E-state index in [1.54, 1.807) is 6.92 Å². The molecule has 4 aromatic heterocycles. The summed E-state index contributed by atoms with van der Waals surface area (Å²) in [6, 6.07) is -26.2. The summed E-state index contributed by atoms with van der Waals surface area (Å²) in [5.41, 5.74) is -5.68. The molecule has 0 amide bonds. The summed E-state index contributed by atoms with van der Waals surface area (Å²) in [6.07, 6.45) is 0. The van der Waals surface area contributed by atoms with Crippen LogP contribution in [0.1, 0.15) is 55.0 Å². The summed E-state index contributed by atoms with van der Waals surface area (Å²) in [7, 11) is 0. The molecule has 0 saturated heterocycles. The average molecular weight is 882 g/mol. The molecule has 0 aliphatic heterocycles. The highest BCUT2D eigenvalue weighted by Crippen LogP contribution is 2.50. The monoisotopic (exact) mass is 881 g/mol. The van der Waals surface area contributed by atoms with E-state index in [-0.39, 0.29) is 53.3 Å². The number of thiophene rings is 1. The Morgan fingerprint density at radius 1 is 0.431 bits per heavy atom. The molecule has 0 N–H and O–H groups in total. The lowest BCUT2D eigenvalue weighted by molar-refractivity contribution is 1.07. The molecule has 0 saturated carbocycles. The van der Waals surface area contributed by atoms with Crippen LogP contribution in [0.25, 0.3) is 120 Å². The molecule has 6 heteroatoms. The molecule has 0 bridgehead atoms. The van der Waals surface area contributed by atoms with Crippen molar-refractivity contribution in [1.29, 1.82) is 0 Å². The van der Waals surface area contributed by atoms with Gasteiger partial charge >= 0.3 is 0 Å². The van der Waals surface area contributed by atoms with E-state index in [0.29, 0.717) is 0 Å². The van der Waals surface area contributed by atoms with E-state index in [9.17, 15) is 17.8 Å². The van der Waals surface area contributed by atoms with Crippen LogP contribution in [0.4, 0.5) is 0 Å². The lowest BCUT2D eigenvalue weighted by Gasteiger charge is -2.15. The van der Waals surface area contributed by atoms with Gasteiger partial charge in [0.15, 0.2) is 17.5 Å². The summed E-state index contributed by atoms with van der Waals surface area (Å²) in [5, 5.41) is -1.70. The molecule has 306 valence electrons. The van der Waals surface area contributed by atoms with Crippen LogP contribution in [-0.4, -0.2) is 24.1 Å². The molecule has 13 rings (SSSR count). The molecule has 0 atom stereocenters. The topological polar surface area (TPSA) is 48.5 Å². The van der Waals surface area contributed by atoms with E-state index in [1.165, 1.54) is 11.5 Å². The highest BCUT2D eigenvalue weighted by atomic mass is 32.1. The predicted octanol–water partition coefficient (Wildman–Crippen LogP) is 15.7. The lowest BCUT2D eigenvalue weighted by atomic mass is 9.97. The molecule has 0 aliphatic rings. The zero-order chi connectivity index (χ0) is 71.0. The van der Waals surface area contributed by atoms with E-state index >= 15 is 0 Å². The van der Waals surface area contributed by atoms with Crippen molar-refractivity contribution in [3.05, 3.63) is 211 Å². The van der Waals surface area contributed by atoms with Crippen molar-refractivity contribution in [3.8, 4) is 56.7 Å². The third-order valence-corrected chi connectivity index (χ3v) is 12.1. The average Bonchev–Trinajstić information content (AvgIpc) is 1.52. The van der Waals surface area contributed by atoms with Gasteiger partial charge in [-0.3, -0.25) is 0 Å². The zero-order valence-corrected chi connectivity index (χ0v) is 34.0. The Kier molecular flexibility index (Phi) is 3.94. The minimum Gasteiger partial charge on any atom is -0.309 e. The van der Waals surface area contributed by atoms with Crippen molar-refractivity contribution in [3.63, 3.8) is 0 Å². The molecular formula is C59H39N5S. The minimum absolute atomic E-state index is 0.0139. The second-order valence-electron chi connectivity index (χ2n) is 14.4. The number of hydrogen-bond donors (Lipinski definition) is 0. The number of benzene rings is 9. The fourth-order valence-corrected chi connectivity index (χ4v) is 9.48. The molecule has 0 spiro atoms. The van der Waals surface area contributed by atoms with Gasteiger partial charge in [0.1, 0.15) is 0 Å². The molecule has 0 aliphatic carbocycles. The number of aryl methyl sites for hydroxylation is 2. The van der Waals surface area contributed by atoms with Gasteiger partial charge in [-0.05, 0) is 78.9 Å². The first-order chi connectivity index (χ1) is 45.4. The smallest absolute Gasteiger partial charge is 0.164 e. The SMILES string of the molecule is [2H]c1cc(-n2c3c([2H])c([2H])c(-c4nc(-c5c([2H])c([2H])c([2H])c([2H])c5[2H])nc(-c5c([2H])c([2H])c([2H])c([2H])c5[2H])n4)c([2H])c3c3c4sc5c([2H])c([2H])c([2H])c(-n6c7c([2H])c([2H])c([2H])c([2H])c7c7c([2H])c([2H])c([2H])c(-c8c([2H])c([2H])c([2H])c([2H])c8[2H])c76)c5c4c(C)c(C)c32)c([2H])c([2H])c1[2H].